The second-order valence-electron chi connectivity index (χ2n) is 9.92. The molecule has 3 rings (SSSR count). The van der Waals surface area contributed by atoms with Crippen LogP contribution >= 0.6 is 0 Å². The van der Waals surface area contributed by atoms with Gasteiger partial charge in [-0.05, 0) is 38.3 Å². The smallest absolute Gasteiger partial charge is 0.426 e. The Hall–Kier alpha value is -3.01. The molecule has 12 heteroatoms. The Bertz CT molecular complexity index is 1020. The maximum Gasteiger partial charge on any atom is 0.475 e. The summed E-state index contributed by atoms with van der Waals surface area (Å²) in [6.07, 6.45) is 1.84. The molecule has 1 aromatic carbocycles. The molecular weight excluding hydrogens is 471 g/mol. The van der Waals surface area contributed by atoms with Crippen LogP contribution in [0.4, 0.5) is 13.6 Å². The lowest BCUT2D eigenvalue weighted by Gasteiger charge is -2.33. The van der Waals surface area contributed by atoms with Crippen molar-refractivity contribution >= 4 is 19.1 Å². The van der Waals surface area contributed by atoms with Crippen molar-refractivity contribution < 1.29 is 28.4 Å². The van der Waals surface area contributed by atoms with E-state index in [4.69, 9.17) is 0 Å². The Morgan fingerprint density at radius 2 is 2.00 bits per heavy atom. The van der Waals surface area contributed by atoms with Gasteiger partial charge in [-0.15, -0.1) is 0 Å². The first-order valence-electron chi connectivity index (χ1n) is 11.9. The first kappa shape index (κ1) is 27.6. The summed E-state index contributed by atoms with van der Waals surface area (Å²) in [5, 5.41) is 34.2. The van der Waals surface area contributed by atoms with Gasteiger partial charge < -0.3 is 25.6 Å². The van der Waals surface area contributed by atoms with Gasteiger partial charge in [0.25, 0.3) is 11.8 Å². The molecular formula is C24H32BF2N5O4. The molecule has 4 N–H and O–H groups in total. The van der Waals surface area contributed by atoms with Gasteiger partial charge in [-0.25, -0.2) is 13.6 Å². The van der Waals surface area contributed by atoms with Gasteiger partial charge in [-0.1, -0.05) is 30.3 Å². The van der Waals surface area contributed by atoms with Gasteiger partial charge in [-0.2, -0.15) is 5.26 Å². The number of hydrogen-bond acceptors (Lipinski definition) is 6. The average Bonchev–Trinajstić information content (AvgIpc) is 3.43. The molecule has 194 valence electrons. The molecule has 0 aliphatic carbocycles. The van der Waals surface area contributed by atoms with Crippen molar-refractivity contribution in [2.45, 2.75) is 56.6 Å². The highest BCUT2D eigenvalue weighted by Crippen LogP contribution is 2.33. The lowest BCUT2D eigenvalue weighted by atomic mass is 9.76. The molecule has 3 amide bonds. The van der Waals surface area contributed by atoms with E-state index in [0.29, 0.717) is 13.0 Å². The van der Waals surface area contributed by atoms with E-state index >= 15 is 0 Å². The Labute approximate surface area is 209 Å². The zero-order chi connectivity index (χ0) is 26.5. The lowest BCUT2D eigenvalue weighted by molar-refractivity contribution is -0.125. The van der Waals surface area contributed by atoms with Crippen LogP contribution in [0.1, 0.15) is 32.3 Å². The number of nitrogens with one attached hydrogen (secondary N) is 2. The van der Waals surface area contributed by atoms with Crippen molar-refractivity contribution in [1.29, 1.82) is 5.26 Å². The number of carbonyl (C=O) groups excluding carboxylic acids is 2. The Balaban J connectivity index is 1.56. The highest BCUT2D eigenvalue weighted by atomic mass is 19.3. The summed E-state index contributed by atoms with van der Waals surface area (Å²) in [6, 6.07) is 9.98. The second-order valence-corrected chi connectivity index (χ2v) is 9.92. The SMILES string of the molecule is CC(C)(C=C(C#N)C(=O)N1CC[C@H](NC(=O)N[C@@H](Cc2ccccc2)B(O)O)C1)N1CCC(F)(F)C1. The summed E-state index contributed by atoms with van der Waals surface area (Å²) in [5.41, 5.74) is -0.215. The number of likely N-dealkylation sites (tertiary alicyclic amines) is 2. The number of amides is 3. The van der Waals surface area contributed by atoms with Gasteiger partial charge in [-0.3, -0.25) is 9.69 Å². The summed E-state index contributed by atoms with van der Waals surface area (Å²) in [5.74, 6) is -4.24. The van der Waals surface area contributed by atoms with E-state index in [-0.39, 0.29) is 31.5 Å². The second kappa shape index (κ2) is 11.4. The quantitative estimate of drug-likeness (QED) is 0.239. The number of nitriles is 1. The number of hydrogen-bond donors (Lipinski definition) is 4. The molecule has 0 bridgehead atoms. The number of rotatable bonds is 8. The molecule has 2 aliphatic rings. The van der Waals surface area contributed by atoms with Gasteiger partial charge in [0, 0.05) is 37.6 Å². The van der Waals surface area contributed by atoms with Gasteiger partial charge in [0.2, 0.25) is 0 Å². The molecule has 0 unspecified atom stereocenters. The minimum absolute atomic E-state index is 0.133. The molecule has 1 aromatic rings. The van der Waals surface area contributed by atoms with Gasteiger partial charge >= 0.3 is 13.1 Å². The summed E-state index contributed by atoms with van der Waals surface area (Å²) < 4.78 is 27.3. The first-order chi connectivity index (χ1) is 16.9. The molecule has 36 heavy (non-hydrogen) atoms. The van der Waals surface area contributed by atoms with Gasteiger partial charge in [0.1, 0.15) is 11.6 Å². The molecule has 2 aliphatic heterocycles. The number of carbonyl (C=O) groups is 2. The fraction of sp³-hybridized carbons (Fsp3) is 0.542. The highest BCUT2D eigenvalue weighted by molar-refractivity contribution is 6.43. The predicted octanol–water partition coefficient (Wildman–Crippen LogP) is 1.08. The van der Waals surface area contributed by atoms with Crippen LogP contribution in [-0.4, -0.2) is 88.5 Å². The van der Waals surface area contributed by atoms with Crippen LogP contribution in [-0.2, 0) is 11.2 Å². The largest absolute Gasteiger partial charge is 0.475 e. The van der Waals surface area contributed by atoms with E-state index in [2.05, 4.69) is 10.6 Å². The van der Waals surface area contributed by atoms with Gasteiger partial charge in [0.05, 0.1) is 12.5 Å². The molecule has 2 heterocycles. The van der Waals surface area contributed by atoms with Crippen LogP contribution in [0.2, 0.25) is 0 Å². The first-order valence-corrected chi connectivity index (χ1v) is 11.9. The standard InChI is InChI=1S/C24H32BF2N5O4/c1-23(2,32-11-9-24(26,27)16-32)13-18(14-28)21(33)31-10-8-19(15-31)29-22(34)30-20(25(35)36)12-17-6-4-3-5-7-17/h3-7,13,19-20,35-36H,8-12,15-16H2,1-2H3,(H2,29,30,34)/t19-,20-/m0/s1. The third kappa shape index (κ3) is 7.26. The molecule has 2 saturated heterocycles. The maximum atomic E-state index is 13.7. The molecule has 0 spiro atoms. The zero-order valence-electron chi connectivity index (χ0n) is 20.5. The molecule has 0 saturated carbocycles. The summed E-state index contributed by atoms with van der Waals surface area (Å²) in [6.45, 7) is 3.60. The number of halogens is 2. The number of urea groups is 1. The fourth-order valence-electron chi connectivity index (χ4n) is 4.54. The van der Waals surface area contributed by atoms with E-state index in [1.54, 1.807) is 18.7 Å². The predicted molar refractivity (Wildman–Crippen MR) is 130 cm³/mol. The van der Waals surface area contributed by atoms with Crippen LogP contribution in [0, 0.1) is 11.3 Å². The van der Waals surface area contributed by atoms with E-state index in [1.165, 1.54) is 11.0 Å². The van der Waals surface area contributed by atoms with Crippen molar-refractivity contribution in [2.75, 3.05) is 26.2 Å². The summed E-state index contributed by atoms with van der Waals surface area (Å²) >= 11 is 0. The van der Waals surface area contributed by atoms with Crippen LogP contribution < -0.4 is 10.6 Å². The number of nitrogens with zero attached hydrogens (tertiary/aromatic N) is 3. The Morgan fingerprint density at radius 1 is 1.31 bits per heavy atom. The number of benzene rings is 1. The Morgan fingerprint density at radius 3 is 2.58 bits per heavy atom. The number of alkyl halides is 2. The van der Waals surface area contributed by atoms with Crippen molar-refractivity contribution in [3.63, 3.8) is 0 Å². The average molecular weight is 503 g/mol. The normalized spacial score (nSPS) is 21.1. The third-order valence-electron chi connectivity index (χ3n) is 6.62. The molecule has 2 fully saturated rings. The zero-order valence-corrected chi connectivity index (χ0v) is 20.5. The summed E-state index contributed by atoms with van der Waals surface area (Å²) in [4.78, 5) is 28.4. The van der Waals surface area contributed by atoms with Crippen molar-refractivity contribution in [2.24, 2.45) is 0 Å². The van der Waals surface area contributed by atoms with Crippen LogP contribution in [0.3, 0.4) is 0 Å². The summed E-state index contributed by atoms with van der Waals surface area (Å²) in [7, 11) is -1.76. The van der Waals surface area contributed by atoms with E-state index in [1.807, 2.05) is 36.4 Å². The Kier molecular flexibility index (Phi) is 8.71. The van der Waals surface area contributed by atoms with E-state index in [0.717, 1.165) is 5.56 Å². The monoisotopic (exact) mass is 503 g/mol. The molecule has 9 nitrogen and oxygen atoms in total. The molecule has 0 aromatic heterocycles. The molecule has 0 radical (unpaired) electrons. The van der Waals surface area contributed by atoms with E-state index < -0.39 is 49.0 Å². The van der Waals surface area contributed by atoms with Crippen LogP contribution in [0.25, 0.3) is 0 Å². The maximum absolute atomic E-state index is 13.7. The molecule has 2 atom stereocenters. The van der Waals surface area contributed by atoms with Crippen molar-refractivity contribution in [3.8, 4) is 6.07 Å². The van der Waals surface area contributed by atoms with Crippen molar-refractivity contribution in [3.05, 3.63) is 47.5 Å². The van der Waals surface area contributed by atoms with Gasteiger partial charge in [0.15, 0.2) is 0 Å². The van der Waals surface area contributed by atoms with E-state index in [9.17, 15) is 33.7 Å². The topological polar surface area (TPSA) is 129 Å². The highest BCUT2D eigenvalue weighted by Gasteiger charge is 2.43. The van der Waals surface area contributed by atoms with Crippen LogP contribution in [0.15, 0.2) is 42.0 Å². The van der Waals surface area contributed by atoms with Crippen LogP contribution in [0.5, 0.6) is 0 Å². The minimum Gasteiger partial charge on any atom is -0.426 e. The minimum atomic E-state index is -2.79. The van der Waals surface area contributed by atoms with Crippen molar-refractivity contribution in [1.82, 2.24) is 20.4 Å². The fourth-order valence-corrected chi connectivity index (χ4v) is 4.54. The lowest BCUT2D eigenvalue weighted by Crippen LogP contribution is -2.53. The third-order valence-corrected chi connectivity index (χ3v) is 6.62.